The number of aliphatic carboxylic acids is 1. The number of rotatable bonds is 7. The maximum Gasteiger partial charge on any atom is 0.306 e. The van der Waals surface area contributed by atoms with E-state index >= 15 is 4.39 Å². The number of carbonyl (C=O) groups is 2. The van der Waals surface area contributed by atoms with Crippen molar-refractivity contribution in [1.82, 2.24) is 9.80 Å². The number of benzene rings is 2. The highest BCUT2D eigenvalue weighted by Crippen LogP contribution is 2.45. The van der Waals surface area contributed by atoms with Crippen LogP contribution in [0.3, 0.4) is 0 Å². The zero-order valence-corrected chi connectivity index (χ0v) is 26.1. The summed E-state index contributed by atoms with van der Waals surface area (Å²) in [7, 11) is 1.58. The molecule has 0 radical (unpaired) electrons. The quantitative estimate of drug-likeness (QED) is 0.397. The standard InChI is InChI=1S/C34H44F3N3O4/c1-33(2,3)40-20-28(23-5-8-26(44-4)9-6-23)34(37,21-40)32(43)39-17-11-22(12-18-39)27-10-7-25(30(35)36)19-29(27)38-15-13-24(14-16-38)31(41)42/h5-10,19,22,24,28,30H,11-18,20-21H2,1-4H3,(H,41,42)/t28-,34-/m0/s1. The van der Waals surface area contributed by atoms with E-state index in [9.17, 15) is 23.5 Å². The van der Waals surface area contributed by atoms with Crippen molar-refractivity contribution in [2.24, 2.45) is 5.92 Å². The Balaban J connectivity index is 1.34. The molecule has 10 heteroatoms. The van der Waals surface area contributed by atoms with Gasteiger partial charge in [-0.2, -0.15) is 0 Å². The Morgan fingerprint density at radius 3 is 2.16 bits per heavy atom. The van der Waals surface area contributed by atoms with Crippen LogP contribution < -0.4 is 9.64 Å². The van der Waals surface area contributed by atoms with Crippen LogP contribution >= 0.6 is 0 Å². The molecule has 1 N–H and O–H groups in total. The average Bonchev–Trinajstić information content (AvgIpc) is 3.39. The number of likely N-dealkylation sites (tertiary alicyclic amines) is 2. The van der Waals surface area contributed by atoms with Crippen molar-refractivity contribution in [2.45, 2.75) is 75.9 Å². The number of hydrogen-bond acceptors (Lipinski definition) is 5. The van der Waals surface area contributed by atoms with Gasteiger partial charge in [-0.25, -0.2) is 13.2 Å². The van der Waals surface area contributed by atoms with Crippen LogP contribution in [0.15, 0.2) is 42.5 Å². The number of amides is 1. The summed E-state index contributed by atoms with van der Waals surface area (Å²) in [6.07, 6.45) is -0.521. The van der Waals surface area contributed by atoms with Gasteiger partial charge in [-0.15, -0.1) is 0 Å². The molecule has 0 unspecified atom stereocenters. The molecule has 5 rings (SSSR count). The zero-order chi connectivity index (χ0) is 31.8. The summed E-state index contributed by atoms with van der Waals surface area (Å²) >= 11 is 0. The molecule has 0 saturated carbocycles. The van der Waals surface area contributed by atoms with E-state index in [-0.39, 0.29) is 23.6 Å². The smallest absolute Gasteiger partial charge is 0.306 e. The lowest BCUT2D eigenvalue weighted by atomic mass is 9.83. The van der Waals surface area contributed by atoms with Crippen molar-refractivity contribution >= 4 is 17.6 Å². The number of nitrogens with zero attached hydrogens (tertiary/aromatic N) is 3. The normalized spacial score (nSPS) is 24.2. The molecule has 240 valence electrons. The number of ether oxygens (including phenoxy) is 1. The highest BCUT2D eigenvalue weighted by atomic mass is 19.3. The molecule has 44 heavy (non-hydrogen) atoms. The van der Waals surface area contributed by atoms with Gasteiger partial charge in [0.1, 0.15) is 5.75 Å². The first-order valence-corrected chi connectivity index (χ1v) is 15.6. The average molecular weight is 616 g/mol. The number of halogens is 3. The van der Waals surface area contributed by atoms with Crippen LogP contribution in [0.2, 0.25) is 0 Å². The molecular formula is C34H44F3N3O4. The number of methoxy groups -OCH3 is 1. The summed E-state index contributed by atoms with van der Waals surface area (Å²) in [6, 6.07) is 12.0. The summed E-state index contributed by atoms with van der Waals surface area (Å²) in [5.74, 6) is -1.68. The topological polar surface area (TPSA) is 73.3 Å². The largest absolute Gasteiger partial charge is 0.497 e. The lowest BCUT2D eigenvalue weighted by molar-refractivity contribution is -0.145. The lowest BCUT2D eigenvalue weighted by Crippen LogP contribution is -2.53. The van der Waals surface area contributed by atoms with Gasteiger partial charge in [0.25, 0.3) is 12.3 Å². The van der Waals surface area contributed by atoms with Crippen LogP contribution in [0.1, 0.15) is 81.4 Å². The van der Waals surface area contributed by atoms with Gasteiger partial charge in [-0.1, -0.05) is 24.3 Å². The van der Waals surface area contributed by atoms with E-state index in [0.29, 0.717) is 64.2 Å². The number of alkyl halides is 3. The fraction of sp³-hybridized carbons (Fsp3) is 0.588. The van der Waals surface area contributed by atoms with Crippen molar-refractivity contribution in [3.63, 3.8) is 0 Å². The molecule has 2 aromatic carbocycles. The van der Waals surface area contributed by atoms with Gasteiger partial charge in [-0.05, 0) is 81.7 Å². The molecule has 3 aliphatic rings. The van der Waals surface area contributed by atoms with E-state index in [2.05, 4.69) is 0 Å². The minimum atomic E-state index is -2.61. The van der Waals surface area contributed by atoms with Crippen LogP contribution in [-0.4, -0.2) is 84.4 Å². The maximum atomic E-state index is 17.2. The van der Waals surface area contributed by atoms with E-state index in [1.807, 2.05) is 42.7 Å². The maximum absolute atomic E-state index is 17.2. The highest BCUT2D eigenvalue weighted by molar-refractivity contribution is 5.87. The molecule has 2 atom stereocenters. The first-order valence-electron chi connectivity index (χ1n) is 15.6. The lowest BCUT2D eigenvalue weighted by Gasteiger charge is -2.39. The molecular weight excluding hydrogens is 571 g/mol. The number of carboxylic acids is 1. The van der Waals surface area contributed by atoms with Crippen LogP contribution in [0.25, 0.3) is 0 Å². The molecule has 7 nitrogen and oxygen atoms in total. The first-order chi connectivity index (χ1) is 20.8. The second-order valence-corrected chi connectivity index (χ2v) is 13.5. The van der Waals surface area contributed by atoms with Crippen LogP contribution in [-0.2, 0) is 9.59 Å². The van der Waals surface area contributed by atoms with Gasteiger partial charge < -0.3 is 19.6 Å². The van der Waals surface area contributed by atoms with E-state index < -0.39 is 35.8 Å². The van der Waals surface area contributed by atoms with Crippen molar-refractivity contribution in [1.29, 1.82) is 0 Å². The van der Waals surface area contributed by atoms with Gasteiger partial charge in [0.05, 0.1) is 13.0 Å². The number of hydrogen-bond donors (Lipinski definition) is 1. The first kappa shape index (κ1) is 32.1. The van der Waals surface area contributed by atoms with Crippen LogP contribution in [0.5, 0.6) is 5.75 Å². The predicted molar refractivity (Wildman–Crippen MR) is 163 cm³/mol. The number of carbonyl (C=O) groups excluding carboxylic acids is 1. The molecule has 3 fully saturated rings. The van der Waals surface area contributed by atoms with Crippen LogP contribution in [0, 0.1) is 5.92 Å². The zero-order valence-electron chi connectivity index (χ0n) is 26.1. The summed E-state index contributed by atoms with van der Waals surface area (Å²) in [6.45, 7) is 8.23. The van der Waals surface area contributed by atoms with Crippen molar-refractivity contribution in [3.8, 4) is 5.75 Å². The highest BCUT2D eigenvalue weighted by Gasteiger charge is 2.57. The van der Waals surface area contributed by atoms with Gasteiger partial charge >= 0.3 is 5.97 Å². The molecule has 1 amide bonds. The second kappa shape index (κ2) is 12.6. The Labute approximate surface area is 258 Å². The monoisotopic (exact) mass is 615 g/mol. The van der Waals surface area contributed by atoms with E-state index in [1.165, 1.54) is 12.1 Å². The Hall–Kier alpha value is -3.27. The molecule has 3 saturated heterocycles. The third-order valence-corrected chi connectivity index (χ3v) is 9.91. The Morgan fingerprint density at radius 1 is 0.977 bits per heavy atom. The van der Waals surface area contributed by atoms with Crippen molar-refractivity contribution in [2.75, 3.05) is 51.3 Å². The molecule has 0 aliphatic carbocycles. The molecule has 0 aromatic heterocycles. The Bertz CT molecular complexity index is 1330. The number of carboxylic acid groups (broad SMARTS) is 1. The van der Waals surface area contributed by atoms with Gasteiger partial charge in [0.15, 0.2) is 0 Å². The third-order valence-electron chi connectivity index (χ3n) is 9.91. The van der Waals surface area contributed by atoms with Crippen LogP contribution in [0.4, 0.5) is 18.9 Å². The molecule has 0 bridgehead atoms. The Morgan fingerprint density at radius 2 is 1.61 bits per heavy atom. The molecule has 3 heterocycles. The number of piperidine rings is 2. The van der Waals surface area contributed by atoms with Crippen molar-refractivity contribution in [3.05, 3.63) is 59.2 Å². The summed E-state index contributed by atoms with van der Waals surface area (Å²) in [5.41, 5.74) is -0.0570. The molecule has 3 aliphatic heterocycles. The van der Waals surface area contributed by atoms with E-state index in [4.69, 9.17) is 4.74 Å². The fourth-order valence-corrected chi connectivity index (χ4v) is 7.09. The van der Waals surface area contributed by atoms with E-state index in [0.717, 1.165) is 16.8 Å². The minimum absolute atomic E-state index is 0.0114. The van der Waals surface area contributed by atoms with Crippen molar-refractivity contribution < 1.29 is 32.6 Å². The van der Waals surface area contributed by atoms with E-state index in [1.54, 1.807) is 30.2 Å². The SMILES string of the molecule is COc1ccc([C@@H]2CN(C(C)(C)C)C[C@@]2(F)C(=O)N2CCC(c3ccc(C(F)F)cc3N3CCC(C(=O)O)CC3)CC2)cc1. The minimum Gasteiger partial charge on any atom is -0.497 e. The molecule has 2 aromatic rings. The predicted octanol–water partition coefficient (Wildman–Crippen LogP) is 6.25. The summed E-state index contributed by atoms with van der Waals surface area (Å²) < 4.78 is 49.8. The summed E-state index contributed by atoms with van der Waals surface area (Å²) in [4.78, 5) is 31.2. The fourth-order valence-electron chi connectivity index (χ4n) is 7.09. The van der Waals surface area contributed by atoms with Gasteiger partial charge in [0.2, 0.25) is 5.67 Å². The van der Waals surface area contributed by atoms with Gasteiger partial charge in [0, 0.05) is 62.0 Å². The second-order valence-electron chi connectivity index (χ2n) is 13.5. The number of anilines is 1. The third kappa shape index (κ3) is 6.41. The Kier molecular flexibility index (Phi) is 9.21. The summed E-state index contributed by atoms with van der Waals surface area (Å²) in [5, 5.41) is 9.41. The molecule has 0 spiro atoms. The van der Waals surface area contributed by atoms with Gasteiger partial charge in [-0.3, -0.25) is 14.5 Å².